The maximum atomic E-state index is 11.9. The van der Waals surface area contributed by atoms with Crippen LogP contribution in [0.3, 0.4) is 0 Å². The molecule has 2 atom stereocenters. The lowest BCUT2D eigenvalue weighted by atomic mass is 9.95. The second kappa shape index (κ2) is 8.34. The van der Waals surface area contributed by atoms with Gasteiger partial charge in [-0.15, -0.1) is 24.8 Å². The van der Waals surface area contributed by atoms with E-state index in [1.54, 1.807) is 12.4 Å². The molecule has 18 heavy (non-hydrogen) atoms. The van der Waals surface area contributed by atoms with Gasteiger partial charge < -0.3 is 16.0 Å². The highest BCUT2D eigenvalue weighted by Crippen LogP contribution is 2.30. The standard InChI is InChI=1S/C11H18N4O.2ClH/c12-6-8-2-1-3-9(8)11(16)15-7-10-13-4-5-14-10;;/h4-5,8-9H,1-3,6-7,12H2,(H,13,14)(H,15,16);2*1H/t8-,9-;;/m1../s1. The second-order valence-corrected chi connectivity index (χ2v) is 4.29. The molecule has 1 aromatic heterocycles. The summed E-state index contributed by atoms with van der Waals surface area (Å²) in [5.74, 6) is 1.36. The lowest BCUT2D eigenvalue weighted by molar-refractivity contribution is -0.126. The van der Waals surface area contributed by atoms with Crippen molar-refractivity contribution in [1.82, 2.24) is 15.3 Å². The van der Waals surface area contributed by atoms with Crippen molar-refractivity contribution in [3.63, 3.8) is 0 Å². The Morgan fingerprint density at radius 1 is 1.50 bits per heavy atom. The van der Waals surface area contributed by atoms with E-state index in [0.29, 0.717) is 19.0 Å². The molecule has 1 saturated carbocycles. The zero-order chi connectivity index (χ0) is 11.4. The van der Waals surface area contributed by atoms with Crippen LogP contribution in [0.4, 0.5) is 0 Å². The number of aromatic nitrogens is 2. The molecule has 1 amide bonds. The van der Waals surface area contributed by atoms with Gasteiger partial charge in [-0.2, -0.15) is 0 Å². The highest BCUT2D eigenvalue weighted by Gasteiger charge is 2.31. The fraction of sp³-hybridized carbons (Fsp3) is 0.636. The first-order chi connectivity index (χ1) is 7.81. The first kappa shape index (κ1) is 17.2. The molecule has 0 spiro atoms. The minimum Gasteiger partial charge on any atom is -0.349 e. The van der Waals surface area contributed by atoms with Gasteiger partial charge >= 0.3 is 0 Å². The molecule has 0 aromatic carbocycles. The Balaban J connectivity index is 0.00000144. The van der Waals surface area contributed by atoms with E-state index < -0.39 is 0 Å². The van der Waals surface area contributed by atoms with E-state index in [4.69, 9.17) is 5.73 Å². The van der Waals surface area contributed by atoms with Gasteiger partial charge in [0, 0.05) is 18.3 Å². The van der Waals surface area contributed by atoms with Crippen LogP contribution in [0.5, 0.6) is 0 Å². The SMILES string of the molecule is Cl.Cl.NC[C@H]1CCC[C@H]1C(=O)NCc1ncc[nH]1. The molecule has 1 heterocycles. The van der Waals surface area contributed by atoms with Crippen molar-refractivity contribution in [3.8, 4) is 0 Å². The molecule has 1 aliphatic carbocycles. The average molecular weight is 295 g/mol. The summed E-state index contributed by atoms with van der Waals surface area (Å²) in [6.07, 6.45) is 6.58. The van der Waals surface area contributed by atoms with Crippen LogP contribution in [0.2, 0.25) is 0 Å². The lowest BCUT2D eigenvalue weighted by Gasteiger charge is -2.16. The molecule has 7 heteroatoms. The van der Waals surface area contributed by atoms with Gasteiger partial charge in [0.15, 0.2) is 0 Å². The van der Waals surface area contributed by atoms with E-state index in [-0.39, 0.29) is 36.6 Å². The predicted molar refractivity (Wildman–Crippen MR) is 74.8 cm³/mol. The predicted octanol–water partition coefficient (Wildman–Crippen LogP) is 1.24. The molecular formula is C11H20Cl2N4O. The number of halogens is 2. The number of amides is 1. The van der Waals surface area contributed by atoms with Crippen molar-refractivity contribution < 1.29 is 4.79 Å². The summed E-state index contributed by atoms with van der Waals surface area (Å²) < 4.78 is 0. The third kappa shape index (κ3) is 4.15. The monoisotopic (exact) mass is 294 g/mol. The van der Waals surface area contributed by atoms with E-state index in [0.717, 1.165) is 25.1 Å². The Morgan fingerprint density at radius 2 is 2.28 bits per heavy atom. The smallest absolute Gasteiger partial charge is 0.223 e. The van der Waals surface area contributed by atoms with Crippen molar-refractivity contribution in [2.24, 2.45) is 17.6 Å². The first-order valence-electron chi connectivity index (χ1n) is 5.77. The zero-order valence-corrected chi connectivity index (χ0v) is 11.7. The number of hydrogen-bond donors (Lipinski definition) is 3. The fourth-order valence-electron chi connectivity index (χ4n) is 2.36. The van der Waals surface area contributed by atoms with Crippen molar-refractivity contribution in [3.05, 3.63) is 18.2 Å². The topological polar surface area (TPSA) is 83.8 Å². The van der Waals surface area contributed by atoms with Gasteiger partial charge in [-0.05, 0) is 25.3 Å². The Bertz CT molecular complexity index is 345. The maximum absolute atomic E-state index is 11.9. The summed E-state index contributed by atoms with van der Waals surface area (Å²) in [7, 11) is 0. The van der Waals surface area contributed by atoms with Crippen molar-refractivity contribution in [1.29, 1.82) is 0 Å². The number of nitrogens with one attached hydrogen (secondary N) is 2. The van der Waals surface area contributed by atoms with Crippen LogP contribution in [0.15, 0.2) is 12.4 Å². The fourth-order valence-corrected chi connectivity index (χ4v) is 2.36. The zero-order valence-electron chi connectivity index (χ0n) is 10.1. The molecule has 0 unspecified atom stereocenters. The van der Waals surface area contributed by atoms with Crippen LogP contribution in [-0.2, 0) is 11.3 Å². The molecule has 0 bridgehead atoms. The number of hydrogen-bond acceptors (Lipinski definition) is 3. The third-order valence-corrected chi connectivity index (χ3v) is 3.28. The first-order valence-corrected chi connectivity index (χ1v) is 5.77. The van der Waals surface area contributed by atoms with Gasteiger partial charge in [0.25, 0.3) is 0 Å². The van der Waals surface area contributed by atoms with E-state index >= 15 is 0 Å². The third-order valence-electron chi connectivity index (χ3n) is 3.28. The largest absolute Gasteiger partial charge is 0.349 e. The molecule has 5 nitrogen and oxygen atoms in total. The van der Waals surface area contributed by atoms with Crippen LogP contribution in [0, 0.1) is 11.8 Å². The van der Waals surface area contributed by atoms with Crippen molar-refractivity contribution in [2.75, 3.05) is 6.54 Å². The molecule has 0 saturated heterocycles. The van der Waals surface area contributed by atoms with Gasteiger partial charge in [-0.1, -0.05) is 6.42 Å². The van der Waals surface area contributed by atoms with E-state index in [1.807, 2.05) is 0 Å². The summed E-state index contributed by atoms with van der Waals surface area (Å²) in [6.45, 7) is 1.08. The Hall–Kier alpha value is -0.780. The summed E-state index contributed by atoms with van der Waals surface area (Å²) in [4.78, 5) is 18.9. The molecule has 1 aromatic rings. The molecule has 2 rings (SSSR count). The lowest BCUT2D eigenvalue weighted by Crippen LogP contribution is -2.34. The molecular weight excluding hydrogens is 275 g/mol. The van der Waals surface area contributed by atoms with Crippen molar-refractivity contribution >= 4 is 30.7 Å². The van der Waals surface area contributed by atoms with Gasteiger partial charge in [-0.25, -0.2) is 4.98 Å². The quantitative estimate of drug-likeness (QED) is 0.781. The Morgan fingerprint density at radius 3 is 2.89 bits per heavy atom. The van der Waals surface area contributed by atoms with Crippen LogP contribution in [0.25, 0.3) is 0 Å². The highest BCUT2D eigenvalue weighted by atomic mass is 35.5. The van der Waals surface area contributed by atoms with Crippen LogP contribution >= 0.6 is 24.8 Å². The number of carbonyl (C=O) groups excluding carboxylic acids is 1. The number of H-pyrrole nitrogens is 1. The van der Waals surface area contributed by atoms with Gasteiger partial charge in [-0.3, -0.25) is 4.79 Å². The summed E-state index contributed by atoms with van der Waals surface area (Å²) in [5.41, 5.74) is 5.65. The summed E-state index contributed by atoms with van der Waals surface area (Å²) in [6, 6.07) is 0. The molecule has 0 radical (unpaired) electrons. The van der Waals surface area contributed by atoms with Crippen LogP contribution in [0.1, 0.15) is 25.1 Å². The van der Waals surface area contributed by atoms with Crippen molar-refractivity contribution in [2.45, 2.75) is 25.8 Å². The molecule has 0 aliphatic heterocycles. The van der Waals surface area contributed by atoms with E-state index in [2.05, 4.69) is 15.3 Å². The van der Waals surface area contributed by atoms with E-state index in [9.17, 15) is 4.79 Å². The number of rotatable bonds is 4. The van der Waals surface area contributed by atoms with Gasteiger partial charge in [0.2, 0.25) is 5.91 Å². The second-order valence-electron chi connectivity index (χ2n) is 4.29. The maximum Gasteiger partial charge on any atom is 0.223 e. The molecule has 1 fully saturated rings. The molecule has 1 aliphatic rings. The van der Waals surface area contributed by atoms with Gasteiger partial charge in [0.05, 0.1) is 6.54 Å². The molecule has 104 valence electrons. The number of carbonyl (C=O) groups is 1. The minimum atomic E-state index is 0. The number of nitrogens with two attached hydrogens (primary N) is 1. The minimum absolute atomic E-state index is 0. The summed E-state index contributed by atoms with van der Waals surface area (Å²) >= 11 is 0. The number of imidazole rings is 1. The Kier molecular flexibility index (Phi) is 7.98. The van der Waals surface area contributed by atoms with Crippen LogP contribution in [-0.4, -0.2) is 22.4 Å². The normalized spacial score (nSPS) is 21.8. The Labute approximate surface area is 119 Å². The summed E-state index contributed by atoms with van der Waals surface area (Å²) in [5, 5.41) is 2.90. The highest BCUT2D eigenvalue weighted by molar-refractivity contribution is 5.85. The van der Waals surface area contributed by atoms with E-state index in [1.165, 1.54) is 0 Å². The average Bonchev–Trinajstić information content (AvgIpc) is 2.96. The van der Waals surface area contributed by atoms with Crippen LogP contribution < -0.4 is 11.1 Å². The number of aromatic amines is 1. The molecule has 4 N–H and O–H groups in total. The van der Waals surface area contributed by atoms with Gasteiger partial charge in [0.1, 0.15) is 5.82 Å². The number of nitrogens with zero attached hydrogens (tertiary/aromatic N) is 1.